The van der Waals surface area contributed by atoms with Gasteiger partial charge in [-0.15, -0.1) is 11.3 Å². The highest BCUT2D eigenvalue weighted by Gasteiger charge is 2.33. The maximum Gasteiger partial charge on any atom is 0.240 e. The zero-order chi connectivity index (χ0) is 16.5. The molecule has 5 nitrogen and oxygen atoms in total. The Morgan fingerprint density at radius 2 is 1.95 bits per heavy atom. The lowest BCUT2D eigenvalue weighted by Gasteiger charge is -2.20. The van der Waals surface area contributed by atoms with Gasteiger partial charge in [0.05, 0.1) is 5.69 Å². The van der Waals surface area contributed by atoms with Crippen LogP contribution in [-0.4, -0.2) is 42.5 Å². The van der Waals surface area contributed by atoms with Crippen LogP contribution in [0.4, 0.5) is 0 Å². The van der Waals surface area contributed by atoms with Crippen molar-refractivity contribution >= 4 is 27.1 Å². The minimum Gasteiger partial charge on any atom is -0.342 e. The first-order valence-electron chi connectivity index (χ1n) is 7.56. The van der Waals surface area contributed by atoms with E-state index in [4.69, 9.17) is 0 Å². The first-order valence-corrected chi connectivity index (χ1v) is 10.2. The zero-order valence-electron chi connectivity index (χ0n) is 13.6. The van der Waals surface area contributed by atoms with Gasteiger partial charge in [-0.25, -0.2) is 13.4 Å². The van der Waals surface area contributed by atoms with Gasteiger partial charge in [0.25, 0.3) is 0 Å². The Labute approximate surface area is 136 Å². The second-order valence-corrected chi connectivity index (χ2v) is 10.1. The fourth-order valence-corrected chi connectivity index (χ4v) is 5.05. The number of rotatable bonds is 4. The van der Waals surface area contributed by atoms with E-state index in [2.05, 4.69) is 4.98 Å². The van der Waals surface area contributed by atoms with Crippen LogP contribution < -0.4 is 0 Å². The van der Waals surface area contributed by atoms with Crippen LogP contribution in [-0.2, 0) is 25.8 Å². The fraction of sp³-hybridized carbons (Fsp3) is 0.733. The Hall–Kier alpha value is -0.950. The Morgan fingerprint density at radius 1 is 1.36 bits per heavy atom. The number of likely N-dealkylation sites (tertiary alicyclic amines) is 1. The molecule has 1 fully saturated rings. The quantitative estimate of drug-likeness (QED) is 0.841. The summed E-state index contributed by atoms with van der Waals surface area (Å²) in [5.74, 6) is -0.431. The lowest BCUT2D eigenvalue weighted by Crippen LogP contribution is -2.40. The number of carbonyl (C=O) groups excluding carboxylic acids is 1. The molecule has 1 saturated heterocycles. The third-order valence-electron chi connectivity index (χ3n) is 3.95. The number of nitrogens with zero attached hydrogens (tertiary/aromatic N) is 2. The predicted molar refractivity (Wildman–Crippen MR) is 88.7 cm³/mol. The molecule has 0 N–H and O–H groups in total. The molecule has 2 rings (SSSR count). The summed E-state index contributed by atoms with van der Waals surface area (Å²) in [5, 5.41) is 1.47. The number of aromatic nitrogens is 1. The van der Waals surface area contributed by atoms with Gasteiger partial charge in [-0.2, -0.15) is 0 Å². The molecule has 7 heteroatoms. The summed E-state index contributed by atoms with van der Waals surface area (Å²) in [6.45, 7) is 8.96. The summed E-state index contributed by atoms with van der Waals surface area (Å²) in [4.78, 5) is 18.4. The number of sulfone groups is 1. The highest BCUT2D eigenvalue weighted by atomic mass is 32.2. The molecule has 22 heavy (non-hydrogen) atoms. The summed E-state index contributed by atoms with van der Waals surface area (Å²) < 4.78 is 25.0. The van der Waals surface area contributed by atoms with Crippen LogP contribution in [0.2, 0.25) is 0 Å². The van der Waals surface area contributed by atoms with Crippen molar-refractivity contribution in [2.45, 2.75) is 57.0 Å². The highest BCUT2D eigenvalue weighted by molar-refractivity contribution is 7.92. The third kappa shape index (κ3) is 3.87. The molecule has 0 bridgehead atoms. The number of hydrogen-bond donors (Lipinski definition) is 0. The van der Waals surface area contributed by atoms with Crippen LogP contribution >= 0.6 is 11.3 Å². The first kappa shape index (κ1) is 17.4. The number of hydrogen-bond acceptors (Lipinski definition) is 5. The van der Waals surface area contributed by atoms with Crippen LogP contribution in [0.25, 0.3) is 0 Å². The van der Waals surface area contributed by atoms with Crippen molar-refractivity contribution in [3.05, 3.63) is 16.1 Å². The molecule has 0 spiro atoms. The van der Waals surface area contributed by atoms with Gasteiger partial charge < -0.3 is 4.90 Å². The summed E-state index contributed by atoms with van der Waals surface area (Å²) in [6, 6.07) is 0. The lowest BCUT2D eigenvalue weighted by atomic mass is 9.93. The maximum atomic E-state index is 12.5. The first-order chi connectivity index (χ1) is 10.1. The van der Waals surface area contributed by atoms with Crippen molar-refractivity contribution in [1.82, 2.24) is 9.88 Å². The second-order valence-electron chi connectivity index (χ2n) is 6.86. The van der Waals surface area contributed by atoms with Gasteiger partial charge in [-0.1, -0.05) is 20.8 Å². The van der Waals surface area contributed by atoms with E-state index in [-0.39, 0.29) is 17.1 Å². The van der Waals surface area contributed by atoms with Crippen LogP contribution in [0.1, 0.15) is 51.2 Å². The monoisotopic (exact) mass is 344 g/mol. The molecule has 0 unspecified atom stereocenters. The Bertz CT molecular complexity index is 638. The van der Waals surface area contributed by atoms with Gasteiger partial charge in [0.1, 0.15) is 16.0 Å². The van der Waals surface area contributed by atoms with E-state index in [0.717, 1.165) is 18.5 Å². The molecular weight excluding hydrogens is 320 g/mol. The molecule has 2 heterocycles. The summed E-state index contributed by atoms with van der Waals surface area (Å²) in [5.41, 5.74) is 0.788. The van der Waals surface area contributed by atoms with Gasteiger partial charge in [0, 0.05) is 23.9 Å². The Balaban J connectivity index is 2.10. The van der Waals surface area contributed by atoms with Gasteiger partial charge in [-0.3, -0.25) is 4.79 Å². The number of amides is 1. The van der Waals surface area contributed by atoms with Crippen molar-refractivity contribution in [3.8, 4) is 0 Å². The Kier molecular flexibility index (Phi) is 4.96. The van der Waals surface area contributed by atoms with Crippen LogP contribution in [0.5, 0.6) is 0 Å². The van der Waals surface area contributed by atoms with E-state index in [0.29, 0.717) is 18.1 Å². The summed E-state index contributed by atoms with van der Waals surface area (Å²) in [7, 11) is -3.53. The van der Waals surface area contributed by atoms with Gasteiger partial charge in [-0.05, 0) is 19.8 Å². The number of thiazole rings is 1. The van der Waals surface area contributed by atoms with E-state index in [9.17, 15) is 13.2 Å². The molecule has 1 atom stereocenters. The van der Waals surface area contributed by atoms with Gasteiger partial charge in [0.15, 0.2) is 9.84 Å². The molecule has 1 aliphatic rings. The fourth-order valence-electron chi connectivity index (χ4n) is 2.37. The topological polar surface area (TPSA) is 67.3 Å². The van der Waals surface area contributed by atoms with Crippen LogP contribution in [0, 0.1) is 0 Å². The summed E-state index contributed by atoms with van der Waals surface area (Å²) in [6.07, 6.45) is 1.92. The van der Waals surface area contributed by atoms with Gasteiger partial charge in [0.2, 0.25) is 5.91 Å². The molecule has 1 aromatic rings. The molecule has 0 aromatic carbocycles. The normalized spacial score (nSPS) is 17.7. The molecule has 0 radical (unpaired) electrons. The van der Waals surface area contributed by atoms with Crippen molar-refractivity contribution in [2.75, 3.05) is 13.1 Å². The third-order valence-corrected chi connectivity index (χ3v) is 6.94. The van der Waals surface area contributed by atoms with Crippen molar-refractivity contribution in [1.29, 1.82) is 0 Å². The average Bonchev–Trinajstić information content (AvgIpc) is 3.06. The molecule has 0 aliphatic carbocycles. The van der Waals surface area contributed by atoms with E-state index < -0.39 is 15.1 Å². The number of carbonyl (C=O) groups is 1. The largest absolute Gasteiger partial charge is 0.342 e. The van der Waals surface area contributed by atoms with Crippen molar-refractivity contribution in [2.24, 2.45) is 0 Å². The lowest BCUT2D eigenvalue weighted by molar-refractivity contribution is -0.129. The maximum absolute atomic E-state index is 12.5. The molecule has 0 saturated carbocycles. The minimum atomic E-state index is -3.53. The smallest absolute Gasteiger partial charge is 0.240 e. The molecule has 1 aliphatic heterocycles. The SMILES string of the molecule is C[C@H](C(=O)N1CCCC1)S(=O)(=O)Cc1nc(C(C)(C)C)cs1. The van der Waals surface area contributed by atoms with E-state index in [1.165, 1.54) is 18.3 Å². The highest BCUT2D eigenvalue weighted by Crippen LogP contribution is 2.25. The van der Waals surface area contributed by atoms with Crippen molar-refractivity contribution in [3.63, 3.8) is 0 Å². The molecule has 124 valence electrons. The molecular formula is C15H24N2O3S2. The molecule has 1 aromatic heterocycles. The minimum absolute atomic E-state index is 0.102. The van der Waals surface area contributed by atoms with E-state index >= 15 is 0 Å². The average molecular weight is 345 g/mol. The predicted octanol–water partition coefficient (Wildman–Crippen LogP) is 2.37. The van der Waals surface area contributed by atoms with E-state index in [1.807, 2.05) is 26.2 Å². The van der Waals surface area contributed by atoms with Crippen molar-refractivity contribution < 1.29 is 13.2 Å². The Morgan fingerprint density at radius 3 is 2.45 bits per heavy atom. The van der Waals surface area contributed by atoms with Gasteiger partial charge >= 0.3 is 0 Å². The molecule has 1 amide bonds. The van der Waals surface area contributed by atoms with Crippen LogP contribution in [0.3, 0.4) is 0 Å². The second kappa shape index (κ2) is 6.28. The zero-order valence-corrected chi connectivity index (χ0v) is 15.3. The standard InChI is InChI=1S/C15H24N2O3S2/c1-11(14(18)17-7-5-6-8-17)22(19,20)10-13-16-12(9-21-13)15(2,3)4/h9,11H,5-8,10H2,1-4H3/t11-/m1/s1. The van der Waals surface area contributed by atoms with Crippen LogP contribution in [0.15, 0.2) is 5.38 Å². The summed E-state index contributed by atoms with van der Waals surface area (Å²) >= 11 is 1.35. The van der Waals surface area contributed by atoms with E-state index in [1.54, 1.807) is 4.90 Å².